The Morgan fingerprint density at radius 1 is 1.06 bits per heavy atom. The SMILES string of the molecule is CCCN1C[C@@H](O)CNS(=O)(=O)c2ccc(-c3ccccc3)cc2OCC2(C[C@@H](O)[C@@H](O)C2)C1. The van der Waals surface area contributed by atoms with Crippen LogP contribution < -0.4 is 9.46 Å². The predicted octanol–water partition coefficient (Wildman–Crippen LogP) is 1.60. The van der Waals surface area contributed by atoms with Crippen LogP contribution in [0.15, 0.2) is 53.4 Å². The zero-order valence-corrected chi connectivity index (χ0v) is 20.2. The molecule has 2 aromatic rings. The number of nitrogens with one attached hydrogen (secondary N) is 1. The van der Waals surface area contributed by atoms with Crippen molar-refractivity contribution in [2.75, 3.05) is 32.8 Å². The largest absolute Gasteiger partial charge is 0.492 e. The summed E-state index contributed by atoms with van der Waals surface area (Å²) in [6, 6.07) is 14.6. The third-order valence-corrected chi connectivity index (χ3v) is 8.14. The van der Waals surface area contributed by atoms with E-state index in [1.54, 1.807) is 12.1 Å². The predicted molar refractivity (Wildman–Crippen MR) is 129 cm³/mol. The minimum atomic E-state index is -3.94. The van der Waals surface area contributed by atoms with E-state index in [0.717, 1.165) is 17.5 Å². The van der Waals surface area contributed by atoms with Crippen LogP contribution in [0.1, 0.15) is 26.2 Å². The average molecular weight is 491 g/mol. The fourth-order valence-corrected chi connectivity index (χ4v) is 6.29. The zero-order chi connectivity index (χ0) is 24.3. The molecule has 0 aromatic heterocycles. The van der Waals surface area contributed by atoms with Crippen LogP contribution in [0.3, 0.4) is 0 Å². The van der Waals surface area contributed by atoms with Crippen LogP contribution in [0.5, 0.6) is 5.75 Å². The minimum Gasteiger partial charge on any atom is -0.492 e. The molecule has 8 nitrogen and oxygen atoms in total. The number of hydrogen-bond donors (Lipinski definition) is 4. The van der Waals surface area contributed by atoms with Crippen LogP contribution in [0.25, 0.3) is 11.1 Å². The first-order valence-electron chi connectivity index (χ1n) is 11.8. The topological polar surface area (TPSA) is 119 Å². The normalized spacial score (nSPS) is 30.2. The Morgan fingerprint density at radius 3 is 2.44 bits per heavy atom. The van der Waals surface area contributed by atoms with Gasteiger partial charge in [0.25, 0.3) is 0 Å². The van der Waals surface area contributed by atoms with Crippen molar-refractivity contribution in [3.8, 4) is 16.9 Å². The minimum absolute atomic E-state index is 0.000359. The molecule has 2 aromatic carbocycles. The lowest BCUT2D eigenvalue weighted by Crippen LogP contribution is -2.47. The number of aliphatic hydroxyl groups is 3. The van der Waals surface area contributed by atoms with Gasteiger partial charge in [0.05, 0.1) is 24.9 Å². The van der Waals surface area contributed by atoms with Gasteiger partial charge in [-0.2, -0.15) is 0 Å². The van der Waals surface area contributed by atoms with E-state index in [1.165, 1.54) is 6.07 Å². The summed E-state index contributed by atoms with van der Waals surface area (Å²) in [7, 11) is -3.94. The Kier molecular flexibility index (Phi) is 7.61. The van der Waals surface area contributed by atoms with Gasteiger partial charge < -0.3 is 25.0 Å². The average Bonchev–Trinajstić information content (AvgIpc) is 3.09. The van der Waals surface area contributed by atoms with Gasteiger partial charge >= 0.3 is 0 Å². The quantitative estimate of drug-likeness (QED) is 0.516. The molecule has 4 N–H and O–H groups in total. The van der Waals surface area contributed by atoms with E-state index in [-0.39, 0.29) is 30.3 Å². The highest BCUT2D eigenvalue weighted by atomic mass is 32.2. The van der Waals surface area contributed by atoms with Crippen LogP contribution in [0, 0.1) is 5.41 Å². The Hall–Kier alpha value is -2.01. The Bertz CT molecular complexity index is 1070. The van der Waals surface area contributed by atoms with Crippen LogP contribution in [0.2, 0.25) is 0 Å². The van der Waals surface area contributed by atoms with Crippen molar-refractivity contribution >= 4 is 10.0 Å². The van der Waals surface area contributed by atoms with Crippen molar-refractivity contribution < 1.29 is 28.5 Å². The van der Waals surface area contributed by atoms with E-state index in [4.69, 9.17) is 4.74 Å². The van der Waals surface area contributed by atoms with E-state index < -0.39 is 33.8 Å². The number of rotatable bonds is 3. The highest BCUT2D eigenvalue weighted by Crippen LogP contribution is 2.41. The summed E-state index contributed by atoms with van der Waals surface area (Å²) in [5, 5.41) is 31.3. The summed E-state index contributed by atoms with van der Waals surface area (Å²) < 4.78 is 35.0. The lowest BCUT2D eigenvalue weighted by Gasteiger charge is -2.36. The van der Waals surface area contributed by atoms with Gasteiger partial charge in [-0.3, -0.25) is 0 Å². The smallest absolute Gasteiger partial charge is 0.244 e. The second-order valence-corrected chi connectivity index (χ2v) is 11.3. The van der Waals surface area contributed by atoms with Crippen molar-refractivity contribution in [3.63, 3.8) is 0 Å². The first kappa shape index (κ1) is 25.1. The molecule has 1 unspecified atom stereocenters. The highest BCUT2D eigenvalue weighted by Gasteiger charge is 2.46. The van der Waals surface area contributed by atoms with Gasteiger partial charge in [0.2, 0.25) is 10.0 Å². The number of β-amino-alcohol motifs (C(OH)–C–C–N with tert-alkyl or cyclic N) is 1. The molecule has 9 heteroatoms. The van der Waals surface area contributed by atoms with Gasteiger partial charge in [-0.1, -0.05) is 43.3 Å². The van der Waals surface area contributed by atoms with Gasteiger partial charge in [0, 0.05) is 25.0 Å². The van der Waals surface area contributed by atoms with Crippen molar-refractivity contribution in [2.45, 2.75) is 49.4 Å². The van der Waals surface area contributed by atoms with Gasteiger partial charge in [0.15, 0.2) is 0 Å². The lowest BCUT2D eigenvalue weighted by molar-refractivity contribution is 0.0438. The molecule has 0 bridgehead atoms. The van der Waals surface area contributed by atoms with Crippen molar-refractivity contribution in [3.05, 3.63) is 48.5 Å². The van der Waals surface area contributed by atoms with E-state index in [1.807, 2.05) is 37.3 Å². The summed E-state index contributed by atoms with van der Waals surface area (Å²) in [4.78, 5) is 2.07. The van der Waals surface area contributed by atoms with E-state index in [2.05, 4.69) is 9.62 Å². The molecule has 1 heterocycles. The molecular formula is C25H34N2O6S. The number of nitrogens with zero attached hydrogens (tertiary/aromatic N) is 1. The maximum Gasteiger partial charge on any atom is 0.244 e. The summed E-state index contributed by atoms with van der Waals surface area (Å²) in [5.74, 6) is 0.209. The number of hydrogen-bond acceptors (Lipinski definition) is 7. The van der Waals surface area contributed by atoms with Crippen LogP contribution in [0.4, 0.5) is 0 Å². The number of aliphatic hydroxyl groups excluding tert-OH is 3. The Labute approximate surface area is 201 Å². The van der Waals surface area contributed by atoms with Crippen molar-refractivity contribution in [1.29, 1.82) is 0 Å². The molecule has 0 saturated heterocycles. The van der Waals surface area contributed by atoms with Gasteiger partial charge in [0.1, 0.15) is 10.6 Å². The molecule has 1 spiro atoms. The number of fused-ring (bicyclic) bond motifs is 1. The first-order chi connectivity index (χ1) is 16.2. The van der Waals surface area contributed by atoms with E-state index >= 15 is 0 Å². The molecule has 186 valence electrons. The fraction of sp³-hybridized carbons (Fsp3) is 0.520. The highest BCUT2D eigenvalue weighted by molar-refractivity contribution is 7.89. The lowest BCUT2D eigenvalue weighted by atomic mass is 9.85. The standard InChI is InChI=1S/C25H34N2O6S/c1-2-10-27-15-20(28)14-26-34(31,32)24-9-8-19(18-6-4-3-5-7-18)11-23(24)33-17-25(16-27)12-21(29)22(30)13-25/h3-9,11,20-22,26,28-30H,2,10,12-17H2,1H3/t20-,21-,22+,25?/m0/s1. The molecule has 4 rings (SSSR count). The van der Waals surface area contributed by atoms with Gasteiger partial charge in [-0.15, -0.1) is 0 Å². The summed E-state index contributed by atoms with van der Waals surface area (Å²) in [6.07, 6.45) is -1.12. The second kappa shape index (κ2) is 10.3. The zero-order valence-electron chi connectivity index (χ0n) is 19.4. The molecule has 4 atom stereocenters. The molecule has 2 aliphatic rings. The maximum absolute atomic E-state index is 13.1. The third-order valence-electron chi connectivity index (χ3n) is 6.68. The fourth-order valence-electron chi connectivity index (χ4n) is 5.09. The van der Waals surface area contributed by atoms with Gasteiger partial charge in [-0.05, 0) is 49.1 Å². The molecule has 1 aliphatic heterocycles. The summed E-state index contributed by atoms with van der Waals surface area (Å²) >= 11 is 0. The number of benzene rings is 2. The molecule has 0 amide bonds. The summed E-state index contributed by atoms with van der Waals surface area (Å²) in [6.45, 7) is 3.55. The maximum atomic E-state index is 13.1. The Morgan fingerprint density at radius 2 is 1.76 bits per heavy atom. The monoisotopic (exact) mass is 490 g/mol. The molecule has 1 aliphatic carbocycles. The van der Waals surface area contributed by atoms with Crippen LogP contribution >= 0.6 is 0 Å². The second-order valence-electron chi connectivity index (χ2n) is 9.60. The third kappa shape index (κ3) is 5.62. The van der Waals surface area contributed by atoms with E-state index in [0.29, 0.717) is 25.9 Å². The van der Waals surface area contributed by atoms with Crippen molar-refractivity contribution in [1.82, 2.24) is 9.62 Å². The van der Waals surface area contributed by atoms with Crippen LogP contribution in [-0.4, -0.2) is 79.7 Å². The number of sulfonamides is 1. The Balaban J connectivity index is 1.75. The van der Waals surface area contributed by atoms with Gasteiger partial charge in [-0.25, -0.2) is 13.1 Å². The molecule has 1 fully saturated rings. The molecule has 1 saturated carbocycles. The molecule has 0 radical (unpaired) electrons. The van der Waals surface area contributed by atoms with E-state index in [9.17, 15) is 23.7 Å². The first-order valence-corrected chi connectivity index (χ1v) is 13.3. The number of ether oxygens (including phenoxy) is 1. The summed E-state index contributed by atoms with van der Waals surface area (Å²) in [5.41, 5.74) is 1.16. The van der Waals surface area contributed by atoms with Crippen molar-refractivity contribution in [2.24, 2.45) is 5.41 Å². The molecule has 34 heavy (non-hydrogen) atoms. The van der Waals surface area contributed by atoms with Crippen LogP contribution in [-0.2, 0) is 10.0 Å². The molecular weight excluding hydrogens is 456 g/mol.